The van der Waals surface area contributed by atoms with Gasteiger partial charge in [0.25, 0.3) is 0 Å². The van der Waals surface area contributed by atoms with E-state index in [2.05, 4.69) is 20.5 Å². The maximum Gasteiger partial charge on any atom is 0.388 e. The van der Waals surface area contributed by atoms with Crippen molar-refractivity contribution < 1.29 is 4.79 Å². The highest BCUT2D eigenvalue weighted by molar-refractivity contribution is 6.30. The third-order valence-electron chi connectivity index (χ3n) is 3.99. The lowest BCUT2D eigenvalue weighted by atomic mass is 10.2. The number of halogens is 1. The third kappa shape index (κ3) is 4.36. The summed E-state index contributed by atoms with van der Waals surface area (Å²) in [7, 11) is 0. The van der Waals surface area contributed by atoms with E-state index < -0.39 is 6.03 Å². The van der Waals surface area contributed by atoms with Gasteiger partial charge in [0, 0.05) is 10.6 Å². The number of anilines is 1. The Morgan fingerprint density at radius 3 is 2.28 bits per heavy atom. The first-order chi connectivity index (χ1) is 14.2. The fourth-order valence-corrected chi connectivity index (χ4v) is 2.68. The zero-order valence-electron chi connectivity index (χ0n) is 15.1. The number of aromatic nitrogens is 4. The minimum Gasteiger partial charge on any atom is -0.242 e. The van der Waals surface area contributed by atoms with Crippen LogP contribution >= 0.6 is 11.6 Å². The van der Waals surface area contributed by atoms with Crippen molar-refractivity contribution in [2.75, 3.05) is 5.01 Å². The number of rotatable bonds is 4. The fourth-order valence-electron chi connectivity index (χ4n) is 2.55. The van der Waals surface area contributed by atoms with E-state index in [4.69, 9.17) is 11.6 Å². The Morgan fingerprint density at radius 2 is 1.59 bits per heavy atom. The molecule has 0 radical (unpaired) electrons. The molecule has 3 aromatic carbocycles. The largest absolute Gasteiger partial charge is 0.388 e. The van der Waals surface area contributed by atoms with Gasteiger partial charge in [-0.1, -0.05) is 64.9 Å². The monoisotopic (exact) mass is 402 g/mol. The molecular formula is C21H15ClN6O. The highest BCUT2D eigenvalue weighted by Gasteiger charge is 2.20. The molecule has 0 atom stereocenters. The van der Waals surface area contributed by atoms with Crippen molar-refractivity contribution in [3.63, 3.8) is 0 Å². The van der Waals surface area contributed by atoms with Crippen molar-refractivity contribution in [2.45, 2.75) is 0 Å². The molecule has 142 valence electrons. The first kappa shape index (κ1) is 18.5. The molecule has 0 saturated carbocycles. The van der Waals surface area contributed by atoms with Gasteiger partial charge in [0.1, 0.15) is 0 Å². The lowest BCUT2D eigenvalue weighted by molar-refractivity contribution is 0.241. The second-order valence-electron chi connectivity index (χ2n) is 5.99. The highest BCUT2D eigenvalue weighted by atomic mass is 35.5. The first-order valence-electron chi connectivity index (χ1n) is 8.75. The average molecular weight is 403 g/mol. The summed E-state index contributed by atoms with van der Waals surface area (Å²) in [5.41, 5.74) is 2.14. The number of carbonyl (C=O) groups excluding carboxylic acids is 1. The summed E-state index contributed by atoms with van der Waals surface area (Å²) >= 11 is 5.91. The number of para-hydroxylation sites is 1. The molecular weight excluding hydrogens is 388 g/mol. The van der Waals surface area contributed by atoms with E-state index in [0.717, 1.165) is 10.4 Å². The molecule has 29 heavy (non-hydrogen) atoms. The SMILES string of the molecule is O=C(N(/N=C/c1ccccc1)c1ccccc1)n1nnc(-c2ccc(Cl)cc2)n1. The van der Waals surface area contributed by atoms with Crippen molar-refractivity contribution in [3.05, 3.63) is 95.5 Å². The molecule has 0 aliphatic carbocycles. The number of benzene rings is 3. The molecule has 1 aromatic heterocycles. The van der Waals surface area contributed by atoms with Gasteiger partial charge >= 0.3 is 6.03 Å². The molecule has 0 saturated heterocycles. The van der Waals surface area contributed by atoms with Gasteiger partial charge in [-0.15, -0.1) is 10.2 Å². The number of nitrogens with zero attached hydrogens (tertiary/aromatic N) is 6. The van der Waals surface area contributed by atoms with E-state index >= 15 is 0 Å². The third-order valence-corrected chi connectivity index (χ3v) is 4.24. The standard InChI is InChI=1S/C21H15ClN6O/c22-18-13-11-17(12-14-18)20-24-26-28(25-20)21(29)27(19-9-5-2-6-10-19)23-15-16-7-3-1-4-8-16/h1-15H/b23-15+. The van der Waals surface area contributed by atoms with Crippen LogP contribution in [0.3, 0.4) is 0 Å². The first-order valence-corrected chi connectivity index (χ1v) is 9.13. The molecule has 0 aliphatic heterocycles. The number of amides is 1. The Labute approximate surface area is 171 Å². The summed E-state index contributed by atoms with van der Waals surface area (Å²) in [6.07, 6.45) is 1.60. The van der Waals surface area contributed by atoms with Crippen LogP contribution in [0.15, 0.2) is 90.0 Å². The zero-order valence-corrected chi connectivity index (χ0v) is 15.9. The van der Waals surface area contributed by atoms with Crippen molar-refractivity contribution in [1.29, 1.82) is 0 Å². The fraction of sp³-hybridized carbons (Fsp3) is 0. The van der Waals surface area contributed by atoms with Crippen LogP contribution in [0.1, 0.15) is 5.56 Å². The summed E-state index contributed by atoms with van der Waals surface area (Å²) in [6, 6.07) is 24.9. The predicted octanol–water partition coefficient (Wildman–Crippen LogP) is 4.50. The van der Waals surface area contributed by atoms with Gasteiger partial charge in [-0.25, -0.2) is 4.79 Å². The quantitative estimate of drug-likeness (QED) is 0.372. The summed E-state index contributed by atoms with van der Waals surface area (Å²) < 4.78 is 0. The van der Waals surface area contributed by atoms with Gasteiger partial charge in [0.05, 0.1) is 11.9 Å². The molecule has 0 bridgehead atoms. The van der Waals surface area contributed by atoms with Gasteiger partial charge in [-0.2, -0.15) is 10.1 Å². The molecule has 0 aliphatic rings. The summed E-state index contributed by atoms with van der Waals surface area (Å²) in [6.45, 7) is 0. The van der Waals surface area contributed by atoms with Crippen molar-refractivity contribution >= 4 is 29.5 Å². The molecule has 4 rings (SSSR count). The minimum atomic E-state index is -0.559. The number of carbonyl (C=O) groups is 1. The van der Waals surface area contributed by atoms with E-state index in [1.165, 1.54) is 5.01 Å². The van der Waals surface area contributed by atoms with Crippen LogP contribution in [0.4, 0.5) is 10.5 Å². The minimum absolute atomic E-state index is 0.315. The Balaban J connectivity index is 1.65. The Hall–Kier alpha value is -3.84. The normalized spacial score (nSPS) is 10.9. The van der Waals surface area contributed by atoms with Crippen LogP contribution in [0.5, 0.6) is 0 Å². The van der Waals surface area contributed by atoms with Gasteiger partial charge < -0.3 is 0 Å². The Kier molecular flexibility index (Phi) is 5.40. The second-order valence-corrected chi connectivity index (χ2v) is 6.43. The molecule has 0 fully saturated rings. The molecule has 7 nitrogen and oxygen atoms in total. The number of tetrazole rings is 1. The van der Waals surface area contributed by atoms with Crippen LogP contribution in [-0.2, 0) is 0 Å². The molecule has 1 amide bonds. The number of hydrazone groups is 1. The summed E-state index contributed by atoms with van der Waals surface area (Å²) in [5, 5.41) is 18.2. The Morgan fingerprint density at radius 1 is 0.931 bits per heavy atom. The van der Waals surface area contributed by atoms with Crippen LogP contribution < -0.4 is 5.01 Å². The zero-order chi connectivity index (χ0) is 20.1. The van der Waals surface area contributed by atoms with Crippen molar-refractivity contribution in [3.8, 4) is 11.4 Å². The van der Waals surface area contributed by atoms with Gasteiger partial charge in [0.2, 0.25) is 5.82 Å². The smallest absolute Gasteiger partial charge is 0.242 e. The molecule has 0 unspecified atom stereocenters. The van der Waals surface area contributed by atoms with Gasteiger partial charge in [-0.3, -0.25) is 0 Å². The average Bonchev–Trinajstić information content (AvgIpc) is 3.26. The highest BCUT2D eigenvalue weighted by Crippen LogP contribution is 2.18. The van der Waals surface area contributed by atoms with E-state index in [1.807, 2.05) is 48.5 Å². The van der Waals surface area contributed by atoms with Crippen LogP contribution in [0, 0.1) is 0 Å². The van der Waals surface area contributed by atoms with Crippen LogP contribution in [-0.4, -0.2) is 32.5 Å². The van der Waals surface area contributed by atoms with Crippen molar-refractivity contribution in [2.24, 2.45) is 5.10 Å². The lowest BCUT2D eigenvalue weighted by Gasteiger charge is -2.15. The summed E-state index contributed by atoms with van der Waals surface area (Å²) in [5.74, 6) is 0.315. The van der Waals surface area contributed by atoms with Crippen LogP contribution in [0.2, 0.25) is 5.02 Å². The molecule has 1 heterocycles. The number of hydrogen-bond donors (Lipinski definition) is 0. The van der Waals surface area contributed by atoms with Gasteiger partial charge in [-0.05, 0) is 47.2 Å². The molecule has 4 aromatic rings. The maximum absolute atomic E-state index is 13.1. The predicted molar refractivity (Wildman–Crippen MR) is 112 cm³/mol. The van der Waals surface area contributed by atoms with Crippen molar-refractivity contribution in [1.82, 2.24) is 20.2 Å². The van der Waals surface area contributed by atoms with E-state index in [1.54, 1.807) is 42.6 Å². The summed E-state index contributed by atoms with van der Waals surface area (Å²) in [4.78, 5) is 14.0. The topological polar surface area (TPSA) is 76.3 Å². The second kappa shape index (κ2) is 8.45. The molecule has 0 N–H and O–H groups in total. The van der Waals surface area contributed by atoms with E-state index in [0.29, 0.717) is 22.1 Å². The van der Waals surface area contributed by atoms with Gasteiger partial charge in [0.15, 0.2) is 0 Å². The van der Waals surface area contributed by atoms with E-state index in [9.17, 15) is 4.79 Å². The maximum atomic E-state index is 13.1. The molecule has 0 spiro atoms. The lowest BCUT2D eigenvalue weighted by Crippen LogP contribution is -2.32. The molecule has 8 heteroatoms. The van der Waals surface area contributed by atoms with E-state index in [-0.39, 0.29) is 0 Å². The van der Waals surface area contributed by atoms with Crippen LogP contribution in [0.25, 0.3) is 11.4 Å². The Bertz CT molecular complexity index is 1130. The number of hydrogen-bond acceptors (Lipinski definition) is 5.